The Morgan fingerprint density at radius 3 is 2.59 bits per heavy atom. The number of nitrogens with one attached hydrogen (secondary N) is 2. The molecule has 10 heteroatoms. The van der Waals surface area contributed by atoms with Crippen LogP contribution in [0, 0.1) is 11.3 Å². The number of nitriles is 1. The van der Waals surface area contributed by atoms with Crippen molar-refractivity contribution in [3.63, 3.8) is 0 Å². The molecule has 164 valence electrons. The zero-order valence-corrected chi connectivity index (χ0v) is 18.7. The summed E-state index contributed by atoms with van der Waals surface area (Å²) in [6.45, 7) is 2.56. The number of rotatable bonds is 8. The number of hydrogen-bond acceptors (Lipinski definition) is 5. The van der Waals surface area contributed by atoms with Gasteiger partial charge in [-0.25, -0.2) is 4.68 Å². The van der Waals surface area contributed by atoms with Gasteiger partial charge in [0.1, 0.15) is 6.04 Å². The average molecular weight is 471 g/mol. The monoisotopic (exact) mass is 470 g/mol. The summed E-state index contributed by atoms with van der Waals surface area (Å²) in [6.07, 6.45) is 2.34. The van der Waals surface area contributed by atoms with Crippen LogP contribution in [-0.2, 0) is 13.0 Å². The second-order valence-corrected chi connectivity index (χ2v) is 7.72. The van der Waals surface area contributed by atoms with E-state index in [-0.39, 0.29) is 30.3 Å². The Balaban J connectivity index is 1.55. The minimum atomic E-state index is -0.805. The Morgan fingerprint density at radius 1 is 1.16 bits per heavy atom. The summed E-state index contributed by atoms with van der Waals surface area (Å²) in [5.41, 5.74) is 2.17. The topological polar surface area (TPSA) is 113 Å². The van der Waals surface area contributed by atoms with E-state index in [1.165, 1.54) is 16.9 Å². The van der Waals surface area contributed by atoms with Crippen molar-refractivity contribution in [3.05, 3.63) is 81.1 Å². The SMILES string of the molecule is CCc1ccc(C(C#N)NC(=O)c2cn(CCNC(=O)c3cc(Cl)ccc3Cl)nn2)cc1. The second kappa shape index (κ2) is 10.8. The van der Waals surface area contributed by atoms with Crippen LogP contribution in [0.4, 0.5) is 0 Å². The van der Waals surface area contributed by atoms with Crippen molar-refractivity contribution in [2.45, 2.75) is 25.9 Å². The smallest absolute Gasteiger partial charge is 0.274 e. The number of halogens is 2. The minimum absolute atomic E-state index is 0.0691. The Labute approximate surface area is 195 Å². The highest BCUT2D eigenvalue weighted by Gasteiger charge is 2.18. The predicted octanol–water partition coefficient (Wildman–Crippen LogP) is 3.57. The third-order valence-electron chi connectivity index (χ3n) is 4.70. The number of amides is 2. The van der Waals surface area contributed by atoms with Gasteiger partial charge in [-0.1, -0.05) is 59.6 Å². The maximum Gasteiger partial charge on any atom is 0.274 e. The van der Waals surface area contributed by atoms with Gasteiger partial charge >= 0.3 is 0 Å². The molecule has 0 spiro atoms. The first-order valence-electron chi connectivity index (χ1n) is 9.84. The van der Waals surface area contributed by atoms with E-state index in [0.717, 1.165) is 12.0 Å². The summed E-state index contributed by atoms with van der Waals surface area (Å²) in [4.78, 5) is 24.7. The van der Waals surface area contributed by atoms with Gasteiger partial charge in [0.05, 0.1) is 29.4 Å². The molecule has 1 aromatic heterocycles. The van der Waals surface area contributed by atoms with Crippen molar-refractivity contribution < 1.29 is 9.59 Å². The Morgan fingerprint density at radius 2 is 1.91 bits per heavy atom. The van der Waals surface area contributed by atoms with E-state index in [2.05, 4.69) is 27.0 Å². The van der Waals surface area contributed by atoms with Crippen molar-refractivity contribution in [2.24, 2.45) is 0 Å². The highest BCUT2D eigenvalue weighted by molar-refractivity contribution is 6.35. The van der Waals surface area contributed by atoms with Crippen molar-refractivity contribution >= 4 is 35.0 Å². The molecule has 2 aromatic carbocycles. The van der Waals surface area contributed by atoms with Crippen molar-refractivity contribution in [2.75, 3.05) is 6.54 Å². The summed E-state index contributed by atoms with van der Waals surface area (Å²) >= 11 is 11.9. The molecule has 0 aliphatic rings. The van der Waals surface area contributed by atoms with Crippen LogP contribution in [0.25, 0.3) is 0 Å². The minimum Gasteiger partial charge on any atom is -0.350 e. The van der Waals surface area contributed by atoms with Crippen LogP contribution in [0.5, 0.6) is 0 Å². The summed E-state index contributed by atoms with van der Waals surface area (Å²) in [5, 5.41) is 23.2. The summed E-state index contributed by atoms with van der Waals surface area (Å²) in [6, 6.07) is 13.4. The first-order valence-corrected chi connectivity index (χ1v) is 10.6. The van der Waals surface area contributed by atoms with E-state index in [4.69, 9.17) is 23.2 Å². The molecule has 1 heterocycles. The summed E-state index contributed by atoms with van der Waals surface area (Å²) < 4.78 is 1.42. The van der Waals surface area contributed by atoms with E-state index >= 15 is 0 Å². The molecule has 2 amide bonds. The number of carbonyl (C=O) groups is 2. The molecule has 0 aliphatic heterocycles. The number of aromatic nitrogens is 3. The lowest BCUT2D eigenvalue weighted by molar-refractivity contribution is 0.0935. The third-order valence-corrected chi connectivity index (χ3v) is 5.26. The van der Waals surface area contributed by atoms with Crippen molar-refractivity contribution in [1.29, 1.82) is 5.26 Å². The quantitative estimate of drug-likeness (QED) is 0.522. The predicted molar refractivity (Wildman–Crippen MR) is 120 cm³/mol. The number of aryl methyl sites for hydroxylation is 1. The maximum atomic E-state index is 12.5. The van der Waals surface area contributed by atoms with Gasteiger partial charge in [-0.3, -0.25) is 9.59 Å². The van der Waals surface area contributed by atoms with Crippen molar-refractivity contribution in [3.8, 4) is 6.07 Å². The third kappa shape index (κ3) is 5.84. The fraction of sp³-hybridized carbons (Fsp3) is 0.227. The lowest BCUT2D eigenvalue weighted by Crippen LogP contribution is -2.28. The Hall–Kier alpha value is -3.41. The van der Waals surface area contributed by atoms with E-state index in [1.807, 2.05) is 31.2 Å². The molecule has 32 heavy (non-hydrogen) atoms. The van der Waals surface area contributed by atoms with Gasteiger partial charge in [0.15, 0.2) is 5.69 Å². The van der Waals surface area contributed by atoms with Crippen LogP contribution in [0.2, 0.25) is 10.0 Å². The lowest BCUT2D eigenvalue weighted by atomic mass is 10.0. The number of benzene rings is 2. The average Bonchev–Trinajstić information content (AvgIpc) is 3.28. The van der Waals surface area contributed by atoms with E-state index < -0.39 is 11.9 Å². The van der Waals surface area contributed by atoms with E-state index in [1.54, 1.807) is 12.1 Å². The van der Waals surface area contributed by atoms with Gasteiger partial charge in [0.2, 0.25) is 0 Å². The lowest BCUT2D eigenvalue weighted by Gasteiger charge is -2.11. The van der Waals surface area contributed by atoms with Crippen molar-refractivity contribution in [1.82, 2.24) is 25.6 Å². The van der Waals surface area contributed by atoms with Crippen LogP contribution in [0.15, 0.2) is 48.7 Å². The van der Waals surface area contributed by atoms with Crippen LogP contribution >= 0.6 is 23.2 Å². The zero-order chi connectivity index (χ0) is 23.1. The number of carbonyl (C=O) groups excluding carboxylic acids is 2. The summed E-state index contributed by atoms with van der Waals surface area (Å²) in [7, 11) is 0. The Kier molecular flexibility index (Phi) is 7.82. The molecule has 8 nitrogen and oxygen atoms in total. The molecule has 2 N–H and O–H groups in total. The largest absolute Gasteiger partial charge is 0.350 e. The maximum absolute atomic E-state index is 12.5. The van der Waals surface area contributed by atoms with Gasteiger partial charge in [0, 0.05) is 11.6 Å². The first-order chi connectivity index (χ1) is 15.4. The molecular weight excluding hydrogens is 451 g/mol. The molecule has 0 bridgehead atoms. The van der Waals surface area contributed by atoms with Crippen LogP contribution in [-0.4, -0.2) is 33.4 Å². The Bertz CT molecular complexity index is 1150. The van der Waals surface area contributed by atoms with Gasteiger partial charge in [-0.2, -0.15) is 5.26 Å². The molecule has 0 radical (unpaired) electrons. The van der Waals surface area contributed by atoms with Gasteiger partial charge < -0.3 is 10.6 Å². The molecule has 0 fully saturated rings. The van der Waals surface area contributed by atoms with Gasteiger partial charge in [0.25, 0.3) is 11.8 Å². The molecule has 1 atom stereocenters. The van der Waals surface area contributed by atoms with Gasteiger partial charge in [-0.05, 0) is 35.7 Å². The second-order valence-electron chi connectivity index (χ2n) is 6.88. The highest BCUT2D eigenvalue weighted by atomic mass is 35.5. The number of nitrogens with zero attached hydrogens (tertiary/aromatic N) is 4. The zero-order valence-electron chi connectivity index (χ0n) is 17.2. The van der Waals surface area contributed by atoms with E-state index in [0.29, 0.717) is 15.6 Å². The van der Waals surface area contributed by atoms with E-state index in [9.17, 15) is 14.9 Å². The molecule has 0 saturated carbocycles. The molecule has 0 aliphatic carbocycles. The van der Waals surface area contributed by atoms with Crippen LogP contribution < -0.4 is 10.6 Å². The molecule has 0 saturated heterocycles. The number of hydrogen-bond donors (Lipinski definition) is 2. The molecule has 1 unspecified atom stereocenters. The van der Waals surface area contributed by atoms with Crippen LogP contribution in [0.1, 0.15) is 44.9 Å². The fourth-order valence-electron chi connectivity index (χ4n) is 2.90. The standard InChI is InChI=1S/C22H20Cl2N6O2/c1-2-14-3-5-15(6-4-14)19(12-25)27-22(32)20-13-30(29-28-20)10-9-26-21(31)17-11-16(23)7-8-18(17)24/h3-8,11,13,19H,2,9-10H2,1H3,(H,26,31)(H,27,32). The molecule has 3 aromatic rings. The van der Waals surface area contributed by atoms with Gasteiger partial charge in [-0.15, -0.1) is 5.10 Å². The fourth-order valence-corrected chi connectivity index (χ4v) is 3.28. The molecule has 3 rings (SSSR count). The van der Waals surface area contributed by atoms with Crippen LogP contribution in [0.3, 0.4) is 0 Å². The first kappa shape index (κ1) is 23.3. The summed E-state index contributed by atoms with van der Waals surface area (Å²) in [5.74, 6) is -0.890. The molecular formula is C22H20Cl2N6O2. The normalized spacial score (nSPS) is 11.4. The highest BCUT2D eigenvalue weighted by Crippen LogP contribution is 2.20.